The summed E-state index contributed by atoms with van der Waals surface area (Å²) in [6.45, 7) is 0.495. The molecule has 3 fully saturated rings. The molecule has 0 radical (unpaired) electrons. The van der Waals surface area contributed by atoms with Gasteiger partial charge in [-0.15, -0.1) is 11.3 Å². The lowest BCUT2D eigenvalue weighted by Crippen LogP contribution is -2.58. The highest BCUT2D eigenvalue weighted by Gasteiger charge is 2.61. The lowest BCUT2D eigenvalue weighted by molar-refractivity contribution is -0.141. The van der Waals surface area contributed by atoms with Gasteiger partial charge in [0.05, 0.1) is 22.5 Å². The number of ether oxygens (including phenoxy) is 2. The molecule has 2 saturated carbocycles. The summed E-state index contributed by atoms with van der Waals surface area (Å²) in [7, 11) is 0. The smallest absolute Gasteiger partial charge is 0.408 e. The topological polar surface area (TPSA) is 152 Å². The third-order valence-corrected chi connectivity index (χ3v) is 12.5. The highest BCUT2D eigenvalue weighted by molar-refractivity contribution is 7.13. The van der Waals surface area contributed by atoms with Gasteiger partial charge < -0.3 is 30.3 Å². The van der Waals surface area contributed by atoms with E-state index in [2.05, 4.69) is 22.0 Å². The van der Waals surface area contributed by atoms with Crippen molar-refractivity contribution in [2.75, 3.05) is 13.1 Å². The van der Waals surface area contributed by atoms with Crippen molar-refractivity contribution in [3.05, 3.63) is 89.8 Å². The Morgan fingerprint density at radius 1 is 0.895 bits per heavy atom. The molecule has 4 heterocycles. The Morgan fingerprint density at radius 3 is 2.46 bits per heavy atom. The SMILES string of the molecule is O=C(N[C@H]1CCCCC/C=C\C2C[C@]2(C(=O)NCCc2ccccc2)NC(=O)[C@@H]2C[C@@H](Oc3nc4ccccc4nc3-c3cccs3)CN2C1=O)OC1CCCC1. The Balaban J connectivity index is 1.07. The van der Waals surface area contributed by atoms with Crippen molar-refractivity contribution in [3.8, 4) is 16.5 Å². The monoisotopic (exact) mass is 790 g/mol. The number of hydrogen-bond acceptors (Lipinski definition) is 9. The molecule has 12 nitrogen and oxygen atoms in total. The summed E-state index contributed by atoms with van der Waals surface area (Å²) in [4.78, 5) is 68.7. The van der Waals surface area contributed by atoms with Crippen molar-refractivity contribution < 1.29 is 28.7 Å². The van der Waals surface area contributed by atoms with Crippen LogP contribution in [0, 0.1) is 5.92 Å². The molecule has 5 atom stereocenters. The first-order valence-corrected chi connectivity index (χ1v) is 21.3. The van der Waals surface area contributed by atoms with E-state index in [0.717, 1.165) is 60.9 Å². The Morgan fingerprint density at radius 2 is 1.67 bits per heavy atom. The first kappa shape index (κ1) is 38.6. The minimum absolute atomic E-state index is 0.0742. The summed E-state index contributed by atoms with van der Waals surface area (Å²) in [5, 5.41) is 11.1. The highest BCUT2D eigenvalue weighted by atomic mass is 32.1. The van der Waals surface area contributed by atoms with Gasteiger partial charge in [-0.25, -0.2) is 14.8 Å². The number of nitrogens with one attached hydrogen (secondary N) is 3. The largest absolute Gasteiger partial charge is 0.471 e. The van der Waals surface area contributed by atoms with E-state index in [1.807, 2.05) is 78.2 Å². The summed E-state index contributed by atoms with van der Waals surface area (Å²) in [5.41, 5.74) is 1.93. The zero-order valence-corrected chi connectivity index (χ0v) is 32.9. The van der Waals surface area contributed by atoms with E-state index in [9.17, 15) is 19.2 Å². The Bertz CT molecular complexity index is 2090. The normalized spacial score (nSPS) is 26.0. The average Bonchev–Trinajstić information content (AvgIpc) is 3.72. The van der Waals surface area contributed by atoms with Crippen LogP contribution in [-0.2, 0) is 25.5 Å². The van der Waals surface area contributed by atoms with Crippen LogP contribution in [-0.4, -0.2) is 81.6 Å². The second-order valence-electron chi connectivity index (χ2n) is 15.7. The molecule has 0 spiro atoms. The summed E-state index contributed by atoms with van der Waals surface area (Å²) in [5.74, 6) is -0.922. The van der Waals surface area contributed by atoms with Crippen molar-refractivity contribution in [3.63, 3.8) is 0 Å². The van der Waals surface area contributed by atoms with Gasteiger partial charge in [0.2, 0.25) is 23.6 Å². The molecule has 0 bridgehead atoms. The number of carbonyl (C=O) groups is 4. The number of carbonyl (C=O) groups excluding carboxylic acids is 4. The van der Waals surface area contributed by atoms with E-state index in [1.165, 1.54) is 16.2 Å². The molecule has 8 rings (SSSR count). The molecule has 57 heavy (non-hydrogen) atoms. The number of thiophene rings is 1. The van der Waals surface area contributed by atoms with Crippen LogP contribution >= 0.6 is 11.3 Å². The Labute approximate surface area is 336 Å². The standard InChI is InChI=1S/C44H50N6O6S/c51-39-36-26-32(55-40-38(37-22-13-25-57-37)46-33-19-11-12-20-34(33)47-40)28-50(36)41(52)35(48-43(54)56-31-17-9-10-18-31)21-8-3-1-2-7-16-30-27-44(30,49-39)42(53)45-24-23-29-14-5-4-6-15-29/h4-7,11-16,19-20,22,25,30-32,35-36H,1-3,8-10,17-18,21,23-24,26-28H2,(H,45,53)(H,48,54)(H,49,51)/b16-7-/t30?,32-,35+,36+,44+/m1/s1. The average molecular weight is 791 g/mol. The van der Waals surface area contributed by atoms with Crippen LogP contribution in [0.2, 0.25) is 0 Å². The number of nitrogens with zero attached hydrogens (tertiary/aromatic N) is 3. The van der Waals surface area contributed by atoms with Gasteiger partial charge in [0, 0.05) is 18.9 Å². The molecule has 4 amide bonds. The third kappa shape index (κ3) is 8.98. The first-order valence-electron chi connectivity index (χ1n) is 20.4. The van der Waals surface area contributed by atoms with Crippen molar-refractivity contribution in [2.45, 2.75) is 107 Å². The molecule has 4 aliphatic rings. The van der Waals surface area contributed by atoms with Gasteiger partial charge in [-0.05, 0) is 86.9 Å². The summed E-state index contributed by atoms with van der Waals surface area (Å²) < 4.78 is 12.4. The van der Waals surface area contributed by atoms with Gasteiger partial charge in [0.1, 0.15) is 35.5 Å². The number of amides is 4. The molecule has 298 valence electrons. The predicted molar refractivity (Wildman–Crippen MR) is 217 cm³/mol. The van der Waals surface area contributed by atoms with E-state index in [0.29, 0.717) is 49.3 Å². The van der Waals surface area contributed by atoms with Crippen LogP contribution in [0.15, 0.2) is 84.3 Å². The van der Waals surface area contributed by atoms with E-state index < -0.39 is 35.7 Å². The van der Waals surface area contributed by atoms with Crippen LogP contribution in [0.1, 0.15) is 76.2 Å². The van der Waals surface area contributed by atoms with Crippen LogP contribution in [0.4, 0.5) is 4.79 Å². The maximum Gasteiger partial charge on any atom is 0.408 e. The fraction of sp³-hybridized carbons (Fsp3) is 0.455. The number of hydrogen-bond donors (Lipinski definition) is 3. The number of rotatable bonds is 9. The van der Waals surface area contributed by atoms with Gasteiger partial charge >= 0.3 is 6.09 Å². The van der Waals surface area contributed by atoms with E-state index in [1.54, 1.807) is 0 Å². The minimum Gasteiger partial charge on any atom is -0.471 e. The molecule has 3 N–H and O–H groups in total. The van der Waals surface area contributed by atoms with Crippen LogP contribution in [0.25, 0.3) is 21.6 Å². The number of para-hydroxylation sites is 2. The lowest BCUT2D eigenvalue weighted by atomic mass is 10.0. The van der Waals surface area contributed by atoms with Crippen LogP contribution in [0.3, 0.4) is 0 Å². The maximum atomic E-state index is 14.7. The molecule has 1 saturated heterocycles. The zero-order valence-electron chi connectivity index (χ0n) is 32.1. The quantitative estimate of drug-likeness (QED) is 0.163. The molecule has 2 aromatic heterocycles. The zero-order chi connectivity index (χ0) is 39.2. The molecule has 2 aromatic carbocycles. The molecular weight excluding hydrogens is 741 g/mol. The van der Waals surface area contributed by atoms with Crippen molar-refractivity contribution in [1.29, 1.82) is 0 Å². The minimum atomic E-state index is -1.14. The molecule has 2 aliphatic heterocycles. The summed E-state index contributed by atoms with van der Waals surface area (Å²) >= 11 is 1.52. The second kappa shape index (κ2) is 17.5. The predicted octanol–water partition coefficient (Wildman–Crippen LogP) is 6.50. The lowest BCUT2D eigenvalue weighted by Gasteiger charge is -2.30. The molecule has 2 aliphatic carbocycles. The van der Waals surface area contributed by atoms with Crippen molar-refractivity contribution >= 4 is 46.2 Å². The molecule has 4 aromatic rings. The fourth-order valence-corrected chi connectivity index (χ4v) is 9.13. The number of fused-ring (bicyclic) bond motifs is 3. The molecule has 1 unspecified atom stereocenters. The van der Waals surface area contributed by atoms with Gasteiger partial charge in [-0.1, -0.05) is 73.5 Å². The van der Waals surface area contributed by atoms with Gasteiger partial charge in [-0.2, -0.15) is 0 Å². The van der Waals surface area contributed by atoms with Crippen molar-refractivity contribution in [2.24, 2.45) is 5.92 Å². The number of allylic oxidation sites excluding steroid dienone is 1. The highest BCUT2D eigenvalue weighted by Crippen LogP contribution is 2.45. The van der Waals surface area contributed by atoms with Gasteiger partial charge in [0.25, 0.3) is 0 Å². The molecular formula is C44H50N6O6S. The van der Waals surface area contributed by atoms with Gasteiger partial charge in [0.15, 0.2) is 0 Å². The fourth-order valence-electron chi connectivity index (χ4n) is 8.42. The number of benzene rings is 2. The Kier molecular flexibility index (Phi) is 11.8. The van der Waals surface area contributed by atoms with E-state index in [4.69, 9.17) is 19.4 Å². The summed E-state index contributed by atoms with van der Waals surface area (Å²) in [6, 6.07) is 19.5. The maximum absolute atomic E-state index is 14.7. The second-order valence-corrected chi connectivity index (χ2v) is 16.6. The van der Waals surface area contributed by atoms with E-state index >= 15 is 0 Å². The number of alkyl carbamates (subject to hydrolysis) is 1. The van der Waals surface area contributed by atoms with Crippen LogP contribution in [0.5, 0.6) is 5.88 Å². The van der Waals surface area contributed by atoms with Crippen LogP contribution < -0.4 is 20.7 Å². The first-order chi connectivity index (χ1) is 27.9. The summed E-state index contributed by atoms with van der Waals surface area (Å²) in [6.07, 6.45) is 11.3. The van der Waals surface area contributed by atoms with Gasteiger partial charge in [-0.3, -0.25) is 14.4 Å². The third-order valence-electron chi connectivity index (χ3n) is 11.6. The Hall–Kier alpha value is -5.30. The number of aromatic nitrogens is 2. The molecule has 13 heteroatoms. The van der Waals surface area contributed by atoms with E-state index in [-0.39, 0.29) is 36.8 Å². The van der Waals surface area contributed by atoms with Crippen molar-refractivity contribution in [1.82, 2.24) is 30.8 Å².